The zero-order chi connectivity index (χ0) is 35.5. The highest BCUT2D eigenvalue weighted by atomic mass is 32.2. The monoisotopic (exact) mass is 687 g/mol. The fraction of sp³-hybridized carbons (Fsp3) is 0.0769. The van der Waals surface area contributed by atoms with Gasteiger partial charge in [-0.15, -0.1) is 11.8 Å². The lowest BCUT2D eigenvalue weighted by molar-refractivity contribution is -0.116. The Balaban J connectivity index is 1.41. The normalized spacial score (nSPS) is 11.5. The Hall–Kier alpha value is -6.33. The summed E-state index contributed by atoms with van der Waals surface area (Å²) in [5.74, 6) is -1.54. The maximum Gasteiger partial charge on any atom is 0.335 e. The van der Waals surface area contributed by atoms with Crippen LogP contribution >= 0.6 is 11.8 Å². The quantitative estimate of drug-likeness (QED) is 0.0747. The second-order valence-corrected chi connectivity index (χ2v) is 11.9. The molecule has 0 spiro atoms. The minimum atomic E-state index is -1.10. The standard InChI is InChI=1S/C39H33N3O7S/c1-48-31-20-19-27(34(24-31)49-2)22-33(42-36(43)26-13-7-4-8-14-26)37(44)40-30-17-10-18-32(23-30)50-35(25-11-5-3-6-12-25)38(45)41-29-16-9-15-28(21-29)39(46)47/h3-24,35H,1-2H3,(H,40,44)(H,41,45)(H,42,43)(H,46,47)/b33-22+. The molecule has 0 saturated carbocycles. The second kappa shape index (κ2) is 16.7. The minimum absolute atomic E-state index is 0.0366. The molecule has 0 heterocycles. The van der Waals surface area contributed by atoms with E-state index in [1.807, 2.05) is 36.4 Å². The second-order valence-electron chi connectivity index (χ2n) is 10.8. The lowest BCUT2D eigenvalue weighted by Crippen LogP contribution is -2.30. The van der Waals surface area contributed by atoms with E-state index in [2.05, 4.69) is 16.0 Å². The number of carboxylic acids is 1. The van der Waals surface area contributed by atoms with E-state index < -0.39 is 23.0 Å². The predicted molar refractivity (Wildman–Crippen MR) is 194 cm³/mol. The first-order valence-corrected chi connectivity index (χ1v) is 16.2. The number of carboxylic acid groups (broad SMARTS) is 1. The van der Waals surface area contributed by atoms with Crippen LogP contribution in [0.5, 0.6) is 11.5 Å². The summed E-state index contributed by atoms with van der Waals surface area (Å²) >= 11 is 1.26. The van der Waals surface area contributed by atoms with Crippen molar-refractivity contribution in [1.82, 2.24) is 5.32 Å². The van der Waals surface area contributed by atoms with Gasteiger partial charge in [0.05, 0.1) is 19.8 Å². The molecule has 4 N–H and O–H groups in total. The van der Waals surface area contributed by atoms with E-state index in [9.17, 15) is 24.3 Å². The van der Waals surface area contributed by atoms with Crippen molar-refractivity contribution < 1.29 is 33.8 Å². The summed E-state index contributed by atoms with van der Waals surface area (Å²) in [4.78, 5) is 52.7. The Bertz CT molecular complexity index is 2030. The van der Waals surface area contributed by atoms with Crippen LogP contribution in [-0.4, -0.2) is 43.0 Å². The van der Waals surface area contributed by atoms with Gasteiger partial charge in [-0.1, -0.05) is 60.7 Å². The number of carbonyl (C=O) groups is 4. The number of hydrogen-bond donors (Lipinski definition) is 4. The molecule has 1 unspecified atom stereocenters. The molecule has 0 aromatic heterocycles. The van der Waals surface area contributed by atoms with Crippen LogP contribution in [0, 0.1) is 0 Å². The van der Waals surface area contributed by atoms with Gasteiger partial charge in [0.2, 0.25) is 5.91 Å². The van der Waals surface area contributed by atoms with Crippen molar-refractivity contribution >= 4 is 52.9 Å². The lowest BCUT2D eigenvalue weighted by Gasteiger charge is -2.18. The summed E-state index contributed by atoms with van der Waals surface area (Å²) in [7, 11) is 3.03. The maximum absolute atomic E-state index is 13.8. The van der Waals surface area contributed by atoms with Gasteiger partial charge < -0.3 is 30.5 Å². The number of amides is 3. The highest BCUT2D eigenvalue weighted by Crippen LogP contribution is 2.37. The minimum Gasteiger partial charge on any atom is -0.497 e. The van der Waals surface area contributed by atoms with Crippen LogP contribution in [0.4, 0.5) is 11.4 Å². The number of methoxy groups -OCH3 is 2. The van der Waals surface area contributed by atoms with Crippen molar-refractivity contribution in [2.24, 2.45) is 0 Å². The van der Waals surface area contributed by atoms with Crippen molar-refractivity contribution in [1.29, 1.82) is 0 Å². The van der Waals surface area contributed by atoms with E-state index in [-0.39, 0.29) is 17.2 Å². The average molecular weight is 688 g/mol. The van der Waals surface area contributed by atoms with Crippen molar-refractivity contribution in [3.05, 3.63) is 155 Å². The van der Waals surface area contributed by atoms with Crippen LogP contribution in [0.15, 0.2) is 138 Å². The van der Waals surface area contributed by atoms with Crippen LogP contribution < -0.4 is 25.4 Å². The van der Waals surface area contributed by atoms with E-state index in [0.717, 1.165) is 5.56 Å². The maximum atomic E-state index is 13.8. The van der Waals surface area contributed by atoms with E-state index >= 15 is 0 Å². The Morgan fingerprint density at radius 2 is 1.36 bits per heavy atom. The first-order chi connectivity index (χ1) is 24.2. The first-order valence-electron chi connectivity index (χ1n) is 15.3. The van der Waals surface area contributed by atoms with Crippen LogP contribution in [0.25, 0.3) is 6.08 Å². The number of thioether (sulfide) groups is 1. The van der Waals surface area contributed by atoms with Crippen molar-refractivity contribution in [2.75, 3.05) is 24.9 Å². The number of nitrogens with one attached hydrogen (secondary N) is 3. The largest absolute Gasteiger partial charge is 0.497 e. The summed E-state index contributed by atoms with van der Waals surface area (Å²) in [6, 6.07) is 35.8. The molecule has 0 aliphatic rings. The topological polar surface area (TPSA) is 143 Å². The molecular weight excluding hydrogens is 655 g/mol. The molecule has 0 aliphatic carbocycles. The van der Waals surface area contributed by atoms with Crippen LogP contribution in [0.2, 0.25) is 0 Å². The Labute approximate surface area is 293 Å². The number of rotatable bonds is 13. The van der Waals surface area contributed by atoms with Gasteiger partial charge >= 0.3 is 5.97 Å². The average Bonchev–Trinajstić information content (AvgIpc) is 3.14. The summed E-state index contributed by atoms with van der Waals surface area (Å²) in [6.07, 6.45) is 1.52. The Morgan fingerprint density at radius 1 is 0.700 bits per heavy atom. The molecule has 0 radical (unpaired) electrons. The third-order valence-corrected chi connectivity index (χ3v) is 8.58. The highest BCUT2D eigenvalue weighted by Gasteiger charge is 2.23. The SMILES string of the molecule is COc1ccc(/C=C(/NC(=O)c2ccccc2)C(=O)Nc2cccc(SC(C(=O)Nc3cccc(C(=O)O)c3)c3ccccc3)c2)c(OC)c1. The van der Waals surface area contributed by atoms with Gasteiger partial charge in [0.25, 0.3) is 11.8 Å². The molecule has 10 nitrogen and oxygen atoms in total. The van der Waals surface area contributed by atoms with Gasteiger partial charge in [-0.2, -0.15) is 0 Å². The zero-order valence-corrected chi connectivity index (χ0v) is 27.9. The molecule has 3 amide bonds. The van der Waals surface area contributed by atoms with Gasteiger partial charge in [-0.05, 0) is 72.3 Å². The van der Waals surface area contributed by atoms with E-state index in [4.69, 9.17) is 9.47 Å². The van der Waals surface area contributed by atoms with E-state index in [1.165, 1.54) is 44.2 Å². The fourth-order valence-corrected chi connectivity index (χ4v) is 5.94. The number of aromatic carboxylic acids is 1. The van der Waals surface area contributed by atoms with E-state index in [0.29, 0.717) is 38.9 Å². The summed E-state index contributed by atoms with van der Waals surface area (Å²) < 4.78 is 10.8. The van der Waals surface area contributed by atoms with Gasteiger partial charge in [-0.3, -0.25) is 14.4 Å². The lowest BCUT2D eigenvalue weighted by atomic mass is 10.1. The fourth-order valence-electron chi connectivity index (χ4n) is 4.86. The van der Waals surface area contributed by atoms with Crippen molar-refractivity contribution in [3.8, 4) is 11.5 Å². The van der Waals surface area contributed by atoms with E-state index in [1.54, 1.807) is 78.9 Å². The molecule has 1 atom stereocenters. The number of hydrogen-bond acceptors (Lipinski definition) is 7. The summed E-state index contributed by atoms with van der Waals surface area (Å²) in [6.45, 7) is 0. The molecule has 0 bridgehead atoms. The molecule has 5 rings (SSSR count). The molecule has 50 heavy (non-hydrogen) atoms. The molecule has 5 aromatic carbocycles. The summed E-state index contributed by atoms with van der Waals surface area (Å²) in [5.41, 5.74) is 2.40. The van der Waals surface area contributed by atoms with Gasteiger partial charge in [0.15, 0.2) is 0 Å². The van der Waals surface area contributed by atoms with Gasteiger partial charge in [0.1, 0.15) is 22.4 Å². The number of ether oxygens (including phenoxy) is 2. The molecule has 0 saturated heterocycles. The first kappa shape index (κ1) is 35.0. The predicted octanol–water partition coefficient (Wildman–Crippen LogP) is 7.28. The third-order valence-electron chi connectivity index (χ3n) is 7.33. The molecule has 0 aliphatic heterocycles. The van der Waals surface area contributed by atoms with Crippen LogP contribution in [0.1, 0.15) is 37.1 Å². The zero-order valence-electron chi connectivity index (χ0n) is 27.1. The smallest absolute Gasteiger partial charge is 0.335 e. The number of benzene rings is 5. The van der Waals surface area contributed by atoms with Gasteiger partial charge in [-0.25, -0.2) is 4.79 Å². The Morgan fingerprint density at radius 3 is 2.04 bits per heavy atom. The van der Waals surface area contributed by atoms with Crippen molar-refractivity contribution in [2.45, 2.75) is 10.1 Å². The van der Waals surface area contributed by atoms with Crippen LogP contribution in [-0.2, 0) is 9.59 Å². The Kier molecular flexibility index (Phi) is 11.7. The number of carbonyl (C=O) groups excluding carboxylic acids is 3. The van der Waals surface area contributed by atoms with Crippen molar-refractivity contribution in [3.63, 3.8) is 0 Å². The molecule has 11 heteroatoms. The molecule has 0 fully saturated rings. The molecular formula is C39H33N3O7S. The molecule has 5 aromatic rings. The molecule has 252 valence electrons. The third kappa shape index (κ3) is 9.18. The summed E-state index contributed by atoms with van der Waals surface area (Å²) in [5, 5.41) is 17.1. The number of anilines is 2. The van der Waals surface area contributed by atoms with Crippen LogP contribution in [0.3, 0.4) is 0 Å². The van der Waals surface area contributed by atoms with Gasteiger partial charge in [0, 0.05) is 33.5 Å². The highest BCUT2D eigenvalue weighted by molar-refractivity contribution is 8.00.